The quantitative estimate of drug-likeness (QED) is 0.243. The van der Waals surface area contributed by atoms with Crippen LogP contribution >= 0.6 is 0 Å². The predicted octanol–water partition coefficient (Wildman–Crippen LogP) is -5.40. The number of hydrogen-bond acceptors (Lipinski definition) is 11. The highest BCUT2D eigenvalue weighted by molar-refractivity contribution is 4.91. The van der Waals surface area contributed by atoms with Crippen molar-refractivity contribution in [1.82, 2.24) is 0 Å². The average Bonchev–Trinajstić information content (AvgIpc) is 2.54. The second kappa shape index (κ2) is 7.63. The Morgan fingerprint density at radius 2 is 1.22 bits per heavy atom. The van der Waals surface area contributed by atoms with E-state index in [1.807, 2.05) is 0 Å². The van der Waals surface area contributed by atoms with Gasteiger partial charge in [0.05, 0.1) is 13.2 Å². The summed E-state index contributed by atoms with van der Waals surface area (Å²) in [5, 5.41) is 76.1. The second-order valence-electron chi connectivity index (χ2n) is 5.57. The van der Waals surface area contributed by atoms with Crippen molar-refractivity contribution in [3.63, 3.8) is 0 Å². The minimum Gasteiger partial charge on any atom is -0.394 e. The van der Waals surface area contributed by atoms with E-state index in [1.165, 1.54) is 0 Å². The van der Waals surface area contributed by atoms with Crippen LogP contribution in [0.25, 0.3) is 0 Å². The average molecular weight is 342 g/mol. The van der Waals surface area contributed by atoms with E-state index in [1.54, 1.807) is 0 Å². The molecule has 0 radical (unpaired) electrons. The summed E-state index contributed by atoms with van der Waals surface area (Å²) in [6, 6.07) is 0. The van der Waals surface area contributed by atoms with Gasteiger partial charge in [0.2, 0.25) is 0 Å². The number of rotatable bonds is 4. The molecule has 8 N–H and O–H groups in total. The molecule has 1 unspecified atom stereocenters. The molecule has 2 rings (SSSR count). The molecule has 2 aliphatic heterocycles. The van der Waals surface area contributed by atoms with E-state index in [0.29, 0.717) is 0 Å². The summed E-state index contributed by atoms with van der Waals surface area (Å²) in [4.78, 5) is 0. The van der Waals surface area contributed by atoms with Crippen molar-refractivity contribution in [1.29, 1.82) is 0 Å². The lowest BCUT2D eigenvalue weighted by Gasteiger charge is -2.41. The van der Waals surface area contributed by atoms with E-state index in [2.05, 4.69) is 0 Å². The molecule has 0 aromatic heterocycles. The van der Waals surface area contributed by atoms with Gasteiger partial charge in [-0.1, -0.05) is 0 Å². The number of aliphatic hydroxyl groups excluding tert-OH is 8. The molecule has 2 aliphatic rings. The predicted molar refractivity (Wildman–Crippen MR) is 68.6 cm³/mol. The fourth-order valence-electron chi connectivity index (χ4n) is 2.46. The Morgan fingerprint density at radius 3 is 1.83 bits per heavy atom. The largest absolute Gasteiger partial charge is 0.394 e. The van der Waals surface area contributed by atoms with Crippen LogP contribution in [0.15, 0.2) is 0 Å². The Labute approximate surface area is 130 Å². The normalized spacial score (nSPS) is 51.7. The molecule has 0 aromatic rings. The van der Waals surface area contributed by atoms with Gasteiger partial charge in [-0.25, -0.2) is 0 Å². The zero-order chi connectivity index (χ0) is 17.3. The molecule has 136 valence electrons. The van der Waals surface area contributed by atoms with Gasteiger partial charge in [-0.3, -0.25) is 0 Å². The first-order valence-electron chi connectivity index (χ1n) is 7.07. The number of ether oxygens (including phenoxy) is 3. The minimum atomic E-state index is -1.74. The number of aliphatic hydroxyl groups is 8. The molecule has 2 saturated heterocycles. The van der Waals surface area contributed by atoms with Crippen molar-refractivity contribution in [3.05, 3.63) is 0 Å². The van der Waals surface area contributed by atoms with Crippen LogP contribution < -0.4 is 0 Å². The van der Waals surface area contributed by atoms with Gasteiger partial charge in [0.15, 0.2) is 12.6 Å². The molecular weight excluding hydrogens is 320 g/mol. The van der Waals surface area contributed by atoms with Gasteiger partial charge in [-0.15, -0.1) is 0 Å². The molecule has 2 heterocycles. The van der Waals surface area contributed by atoms with Crippen LogP contribution in [-0.2, 0) is 14.2 Å². The Hall–Kier alpha value is -0.440. The molecule has 0 spiro atoms. The lowest BCUT2D eigenvalue weighted by molar-refractivity contribution is -0.325. The van der Waals surface area contributed by atoms with Crippen molar-refractivity contribution in [2.75, 3.05) is 13.2 Å². The number of hydrogen-bond donors (Lipinski definition) is 8. The summed E-state index contributed by atoms with van der Waals surface area (Å²) in [7, 11) is 0. The highest BCUT2D eigenvalue weighted by Gasteiger charge is 2.46. The van der Waals surface area contributed by atoms with Crippen LogP contribution in [0.1, 0.15) is 0 Å². The first-order valence-corrected chi connectivity index (χ1v) is 7.07. The van der Waals surface area contributed by atoms with Gasteiger partial charge >= 0.3 is 0 Å². The highest BCUT2D eigenvalue weighted by Crippen LogP contribution is 2.24. The summed E-state index contributed by atoms with van der Waals surface area (Å²) >= 11 is 0. The Morgan fingerprint density at radius 1 is 0.652 bits per heavy atom. The summed E-state index contributed by atoms with van der Waals surface area (Å²) in [6.45, 7) is -1.10. The topological polar surface area (TPSA) is 190 Å². The van der Waals surface area contributed by atoms with Gasteiger partial charge < -0.3 is 55.1 Å². The second-order valence-corrected chi connectivity index (χ2v) is 5.57. The van der Waals surface area contributed by atoms with E-state index in [4.69, 9.17) is 19.3 Å². The molecule has 10 atom stereocenters. The van der Waals surface area contributed by atoms with E-state index < -0.39 is 74.6 Å². The van der Waals surface area contributed by atoms with E-state index in [0.717, 1.165) is 0 Å². The van der Waals surface area contributed by atoms with Crippen LogP contribution in [0, 0.1) is 0 Å². The maximum atomic E-state index is 9.78. The standard InChI is InChI=1S/C12H22O11/c13-1-3-5(14)8(17)10(19)12(23-3)21-2-4-6(15)7(16)9(18)11(20)22-4/h3-20H,1-2H2/t3-,4+,5-,6-,7-,8+,9+,10+,11?,12+/m0/s1. The Balaban J connectivity index is 1.94. The molecule has 0 amide bonds. The highest BCUT2D eigenvalue weighted by atomic mass is 16.7. The molecule has 0 bridgehead atoms. The van der Waals surface area contributed by atoms with Crippen molar-refractivity contribution in [2.45, 2.75) is 61.4 Å². The van der Waals surface area contributed by atoms with Crippen LogP contribution in [0.2, 0.25) is 0 Å². The van der Waals surface area contributed by atoms with Gasteiger partial charge in [-0.2, -0.15) is 0 Å². The summed E-state index contributed by atoms with van der Waals surface area (Å²) < 4.78 is 15.1. The van der Waals surface area contributed by atoms with Gasteiger partial charge in [0.25, 0.3) is 0 Å². The Bertz CT molecular complexity index is 380. The van der Waals surface area contributed by atoms with Crippen LogP contribution in [0.5, 0.6) is 0 Å². The van der Waals surface area contributed by atoms with E-state index in [9.17, 15) is 35.7 Å². The van der Waals surface area contributed by atoms with Crippen molar-refractivity contribution >= 4 is 0 Å². The fraction of sp³-hybridized carbons (Fsp3) is 1.00. The van der Waals surface area contributed by atoms with Crippen LogP contribution in [0.3, 0.4) is 0 Å². The smallest absolute Gasteiger partial charge is 0.186 e. The summed E-state index contributed by atoms with van der Waals surface area (Å²) in [5.74, 6) is 0. The molecule has 0 aromatic carbocycles. The van der Waals surface area contributed by atoms with Gasteiger partial charge in [-0.05, 0) is 0 Å². The van der Waals surface area contributed by atoms with Crippen molar-refractivity contribution in [3.8, 4) is 0 Å². The maximum absolute atomic E-state index is 9.78. The van der Waals surface area contributed by atoms with Gasteiger partial charge in [0.1, 0.15) is 48.8 Å². The molecule has 2 fully saturated rings. The maximum Gasteiger partial charge on any atom is 0.186 e. The molecule has 11 nitrogen and oxygen atoms in total. The SMILES string of the molecule is OC[C@@H]1O[C@@H](OC[C@H]2OC(O)[C@H](O)[C@@H](O)[C@H]2O)[C@H](O)[C@H](O)[C@H]1O. The first-order chi connectivity index (χ1) is 10.8. The van der Waals surface area contributed by atoms with Crippen molar-refractivity contribution < 1.29 is 55.1 Å². The molecule has 11 heteroatoms. The molecule has 0 saturated carbocycles. The third-order valence-corrected chi connectivity index (χ3v) is 3.96. The minimum absolute atomic E-state index is 0.468. The Kier molecular flexibility index (Phi) is 6.27. The summed E-state index contributed by atoms with van der Waals surface area (Å²) in [5.41, 5.74) is 0. The summed E-state index contributed by atoms with van der Waals surface area (Å²) in [6.07, 6.45) is -15.3. The third-order valence-electron chi connectivity index (χ3n) is 3.96. The first kappa shape index (κ1) is 18.9. The van der Waals surface area contributed by atoms with Crippen molar-refractivity contribution in [2.24, 2.45) is 0 Å². The van der Waals surface area contributed by atoms with Crippen LogP contribution in [-0.4, -0.2) is 115 Å². The lowest BCUT2D eigenvalue weighted by atomic mass is 9.98. The van der Waals surface area contributed by atoms with E-state index >= 15 is 0 Å². The van der Waals surface area contributed by atoms with Gasteiger partial charge in [0, 0.05) is 0 Å². The fourth-order valence-corrected chi connectivity index (χ4v) is 2.46. The molecular formula is C12H22O11. The van der Waals surface area contributed by atoms with E-state index in [-0.39, 0.29) is 0 Å². The monoisotopic (exact) mass is 342 g/mol. The molecule has 0 aliphatic carbocycles. The lowest BCUT2D eigenvalue weighted by Crippen LogP contribution is -2.61. The molecule has 23 heavy (non-hydrogen) atoms. The zero-order valence-corrected chi connectivity index (χ0v) is 12.0. The zero-order valence-electron chi connectivity index (χ0n) is 12.0. The van der Waals surface area contributed by atoms with Crippen LogP contribution in [0.4, 0.5) is 0 Å². The third kappa shape index (κ3) is 3.81.